The summed E-state index contributed by atoms with van der Waals surface area (Å²) in [6.07, 6.45) is 23.1. The van der Waals surface area contributed by atoms with Crippen molar-refractivity contribution in [3.8, 4) is 0 Å². The first-order chi connectivity index (χ1) is 9.56. The molecule has 0 heterocycles. The summed E-state index contributed by atoms with van der Waals surface area (Å²) >= 11 is 0. The number of hydrogen-bond acceptors (Lipinski definition) is 0. The molecule has 0 saturated carbocycles. The monoisotopic (exact) mass is 282 g/mol. The van der Waals surface area contributed by atoms with Crippen LogP contribution in [-0.2, 0) is 0 Å². The first-order valence-corrected chi connectivity index (χ1v) is 9.05. The van der Waals surface area contributed by atoms with E-state index in [-0.39, 0.29) is 0 Å². The van der Waals surface area contributed by atoms with E-state index in [0.717, 1.165) is 4.48 Å². The SMILES string of the molecule is CCCCCCCCCCCCCC/C=C/[N+](C)(C)C. The molecular weight excluding hydrogens is 242 g/mol. The Hall–Kier alpha value is -0.300. The smallest absolute Gasteiger partial charge is 0.0911 e. The maximum absolute atomic E-state index is 2.34. The standard InChI is InChI=1S/C19H40N/c1-5-6-7-8-9-10-11-12-13-14-15-16-17-18-19-20(2,3)4/h18-19H,5-17H2,1-4H3/q+1/b19-18+. The van der Waals surface area contributed by atoms with Crippen LogP contribution in [0.2, 0.25) is 0 Å². The molecule has 0 radical (unpaired) electrons. The van der Waals surface area contributed by atoms with Crippen molar-refractivity contribution in [2.24, 2.45) is 0 Å². The van der Waals surface area contributed by atoms with Crippen LogP contribution in [0.5, 0.6) is 0 Å². The maximum Gasteiger partial charge on any atom is 0.0911 e. The Labute approximate surface area is 129 Å². The molecule has 0 N–H and O–H groups in total. The summed E-state index contributed by atoms with van der Waals surface area (Å²) in [4.78, 5) is 0. The van der Waals surface area contributed by atoms with E-state index in [9.17, 15) is 0 Å². The summed E-state index contributed by atoms with van der Waals surface area (Å²) in [6, 6.07) is 0. The molecule has 20 heavy (non-hydrogen) atoms. The molecule has 0 aliphatic heterocycles. The van der Waals surface area contributed by atoms with Crippen LogP contribution in [0.1, 0.15) is 90.4 Å². The molecule has 0 aliphatic carbocycles. The van der Waals surface area contributed by atoms with E-state index in [0.29, 0.717) is 0 Å². The van der Waals surface area contributed by atoms with Gasteiger partial charge in [0.2, 0.25) is 0 Å². The molecule has 0 spiro atoms. The van der Waals surface area contributed by atoms with Crippen LogP contribution >= 0.6 is 0 Å². The van der Waals surface area contributed by atoms with Gasteiger partial charge in [-0.05, 0) is 18.9 Å². The number of allylic oxidation sites excluding steroid dienone is 1. The number of hydrogen-bond donors (Lipinski definition) is 0. The molecule has 0 aromatic carbocycles. The van der Waals surface area contributed by atoms with Gasteiger partial charge in [0.05, 0.1) is 27.3 Å². The highest BCUT2D eigenvalue weighted by molar-refractivity contribution is 4.72. The van der Waals surface area contributed by atoms with Gasteiger partial charge in [0.1, 0.15) is 0 Å². The molecule has 0 rings (SSSR count). The van der Waals surface area contributed by atoms with Crippen LogP contribution in [0.4, 0.5) is 0 Å². The highest BCUT2D eigenvalue weighted by Crippen LogP contribution is 2.12. The fourth-order valence-electron chi connectivity index (χ4n) is 2.49. The van der Waals surface area contributed by atoms with E-state index < -0.39 is 0 Å². The molecule has 0 aliphatic rings. The van der Waals surface area contributed by atoms with Crippen molar-refractivity contribution in [2.45, 2.75) is 90.4 Å². The predicted molar refractivity (Wildman–Crippen MR) is 92.9 cm³/mol. The number of nitrogens with zero attached hydrogens (tertiary/aromatic N) is 1. The van der Waals surface area contributed by atoms with Gasteiger partial charge in [-0.25, -0.2) is 0 Å². The molecular formula is C19H40N+. The van der Waals surface area contributed by atoms with Gasteiger partial charge < -0.3 is 4.48 Å². The van der Waals surface area contributed by atoms with E-state index in [2.05, 4.69) is 40.3 Å². The van der Waals surface area contributed by atoms with Crippen LogP contribution in [0.25, 0.3) is 0 Å². The van der Waals surface area contributed by atoms with Gasteiger partial charge in [-0.3, -0.25) is 0 Å². The molecule has 120 valence electrons. The minimum absolute atomic E-state index is 0.943. The minimum Gasteiger partial charge on any atom is -0.305 e. The molecule has 0 saturated heterocycles. The van der Waals surface area contributed by atoms with Crippen molar-refractivity contribution in [3.05, 3.63) is 12.3 Å². The topological polar surface area (TPSA) is 0 Å². The molecule has 0 fully saturated rings. The van der Waals surface area contributed by atoms with Gasteiger partial charge >= 0.3 is 0 Å². The fraction of sp³-hybridized carbons (Fsp3) is 0.895. The van der Waals surface area contributed by atoms with E-state index in [1.807, 2.05) is 0 Å². The summed E-state index contributed by atoms with van der Waals surface area (Å²) in [5, 5.41) is 0. The van der Waals surface area contributed by atoms with Crippen LogP contribution in [0, 0.1) is 0 Å². The number of quaternary nitrogens is 1. The Balaban J connectivity index is 3.08. The second-order valence-corrected chi connectivity index (χ2v) is 7.18. The zero-order valence-electron chi connectivity index (χ0n) is 14.8. The van der Waals surface area contributed by atoms with Crippen molar-refractivity contribution >= 4 is 0 Å². The summed E-state index contributed by atoms with van der Waals surface area (Å²) in [5.41, 5.74) is 0. The first-order valence-electron chi connectivity index (χ1n) is 9.05. The average Bonchev–Trinajstić information content (AvgIpc) is 2.38. The third-order valence-electron chi connectivity index (χ3n) is 3.78. The Morgan fingerprint density at radius 2 is 1.00 bits per heavy atom. The lowest BCUT2D eigenvalue weighted by atomic mass is 10.0. The van der Waals surface area contributed by atoms with Crippen molar-refractivity contribution in [2.75, 3.05) is 21.1 Å². The van der Waals surface area contributed by atoms with Gasteiger partial charge in [0.25, 0.3) is 0 Å². The van der Waals surface area contributed by atoms with Gasteiger partial charge in [0, 0.05) is 0 Å². The zero-order chi connectivity index (χ0) is 15.1. The number of rotatable bonds is 14. The second-order valence-electron chi connectivity index (χ2n) is 7.18. The zero-order valence-corrected chi connectivity index (χ0v) is 14.8. The van der Waals surface area contributed by atoms with Gasteiger partial charge in [-0.1, -0.05) is 77.6 Å². The van der Waals surface area contributed by atoms with Crippen LogP contribution in [-0.4, -0.2) is 25.6 Å². The largest absolute Gasteiger partial charge is 0.305 e. The normalized spacial score (nSPS) is 12.4. The molecule has 1 heteroatoms. The molecule has 0 unspecified atom stereocenters. The van der Waals surface area contributed by atoms with Gasteiger partial charge in [-0.2, -0.15) is 0 Å². The average molecular weight is 283 g/mol. The van der Waals surface area contributed by atoms with Crippen molar-refractivity contribution in [3.63, 3.8) is 0 Å². The van der Waals surface area contributed by atoms with Crippen LogP contribution < -0.4 is 0 Å². The summed E-state index contributed by atoms with van der Waals surface area (Å²) in [6.45, 7) is 2.29. The Kier molecular flexibility index (Phi) is 13.5. The van der Waals surface area contributed by atoms with E-state index >= 15 is 0 Å². The summed E-state index contributed by atoms with van der Waals surface area (Å²) in [5.74, 6) is 0. The van der Waals surface area contributed by atoms with E-state index in [4.69, 9.17) is 0 Å². The Morgan fingerprint density at radius 3 is 1.40 bits per heavy atom. The van der Waals surface area contributed by atoms with Gasteiger partial charge in [0.15, 0.2) is 0 Å². The molecule has 0 bridgehead atoms. The van der Waals surface area contributed by atoms with Crippen molar-refractivity contribution in [1.82, 2.24) is 0 Å². The lowest BCUT2D eigenvalue weighted by Crippen LogP contribution is -2.26. The molecule has 0 amide bonds. The lowest BCUT2D eigenvalue weighted by molar-refractivity contribution is -0.817. The third-order valence-corrected chi connectivity index (χ3v) is 3.78. The summed E-state index contributed by atoms with van der Waals surface area (Å²) < 4.78 is 0.943. The van der Waals surface area contributed by atoms with Crippen LogP contribution in [0.15, 0.2) is 12.3 Å². The third kappa shape index (κ3) is 17.7. The molecule has 0 aromatic rings. The van der Waals surface area contributed by atoms with E-state index in [1.54, 1.807) is 0 Å². The maximum atomic E-state index is 2.34. The highest BCUT2D eigenvalue weighted by atomic mass is 15.3. The minimum atomic E-state index is 0.943. The second kappa shape index (κ2) is 13.7. The summed E-state index contributed by atoms with van der Waals surface area (Å²) in [7, 11) is 6.62. The van der Waals surface area contributed by atoms with Gasteiger partial charge in [-0.15, -0.1) is 0 Å². The Bertz CT molecular complexity index is 212. The molecule has 0 aromatic heterocycles. The van der Waals surface area contributed by atoms with E-state index in [1.165, 1.54) is 83.5 Å². The van der Waals surface area contributed by atoms with Crippen LogP contribution in [0.3, 0.4) is 0 Å². The molecule has 1 nitrogen and oxygen atoms in total. The Morgan fingerprint density at radius 1 is 0.600 bits per heavy atom. The quantitative estimate of drug-likeness (QED) is 0.259. The first kappa shape index (κ1) is 19.7. The fourth-order valence-corrected chi connectivity index (χ4v) is 2.49. The lowest BCUT2D eigenvalue weighted by Gasteiger charge is -2.17. The predicted octanol–water partition coefficient (Wildman–Crippen LogP) is 6.30. The highest BCUT2D eigenvalue weighted by Gasteiger charge is 1.98. The van der Waals surface area contributed by atoms with Crippen molar-refractivity contribution < 1.29 is 4.48 Å². The molecule has 0 atom stereocenters. The number of unbranched alkanes of at least 4 members (excludes halogenated alkanes) is 12. The van der Waals surface area contributed by atoms with Crippen molar-refractivity contribution in [1.29, 1.82) is 0 Å².